The number of hydrogen-bond acceptors (Lipinski definition) is 6. The van der Waals surface area contributed by atoms with Crippen molar-refractivity contribution in [2.45, 2.75) is 63.7 Å². The van der Waals surface area contributed by atoms with Gasteiger partial charge in [-0.1, -0.05) is 16.9 Å². The molecule has 2 N–H and O–H groups in total. The van der Waals surface area contributed by atoms with Crippen LogP contribution in [-0.4, -0.2) is 86.6 Å². The number of piperazine rings is 1. The van der Waals surface area contributed by atoms with Gasteiger partial charge < -0.3 is 15.3 Å². The SMILES string of the molecule is O=C(O)C(F)(F)F.O=C1CN(Cc2cn(C3CCN(C(=O)CC4=CCCCC4)CC3)nn2)CCN1. The number of piperidine rings is 1. The molecule has 0 aromatic carbocycles. The number of aromatic nitrogens is 3. The topological polar surface area (TPSA) is 121 Å². The van der Waals surface area contributed by atoms with Crippen LogP contribution in [0.5, 0.6) is 0 Å². The summed E-state index contributed by atoms with van der Waals surface area (Å²) in [6.07, 6.45) is 6.30. The van der Waals surface area contributed by atoms with E-state index in [2.05, 4.69) is 26.6 Å². The number of carbonyl (C=O) groups excluding carboxylic acids is 2. The molecule has 1 aromatic heterocycles. The number of carboxylic acids is 1. The zero-order valence-electron chi connectivity index (χ0n) is 19.5. The van der Waals surface area contributed by atoms with Crippen LogP contribution in [-0.2, 0) is 20.9 Å². The minimum Gasteiger partial charge on any atom is -0.475 e. The second-order valence-electron chi connectivity index (χ2n) is 8.95. The first-order valence-corrected chi connectivity index (χ1v) is 11.8. The molecule has 0 saturated carbocycles. The molecule has 2 amide bonds. The lowest BCUT2D eigenvalue weighted by Crippen LogP contribution is -2.47. The Morgan fingerprint density at radius 1 is 1.17 bits per heavy atom. The average molecular weight is 501 g/mol. The van der Waals surface area contributed by atoms with E-state index in [4.69, 9.17) is 9.90 Å². The number of likely N-dealkylation sites (tertiary alicyclic amines) is 1. The monoisotopic (exact) mass is 500 g/mol. The van der Waals surface area contributed by atoms with Crippen molar-refractivity contribution in [3.8, 4) is 0 Å². The normalized spacial score (nSPS) is 19.9. The summed E-state index contributed by atoms with van der Waals surface area (Å²) in [6, 6.07) is 0.295. The Morgan fingerprint density at radius 2 is 1.89 bits per heavy atom. The summed E-state index contributed by atoms with van der Waals surface area (Å²) in [4.78, 5) is 37.1. The largest absolute Gasteiger partial charge is 0.490 e. The Bertz CT molecular complexity index is 925. The fourth-order valence-corrected chi connectivity index (χ4v) is 4.37. The van der Waals surface area contributed by atoms with Gasteiger partial charge in [0.05, 0.1) is 24.5 Å². The molecule has 3 aliphatic rings. The summed E-state index contributed by atoms with van der Waals surface area (Å²) in [7, 11) is 0. The molecule has 0 atom stereocenters. The van der Waals surface area contributed by atoms with E-state index >= 15 is 0 Å². The van der Waals surface area contributed by atoms with Crippen molar-refractivity contribution in [3.63, 3.8) is 0 Å². The molecule has 1 aliphatic carbocycles. The van der Waals surface area contributed by atoms with Crippen molar-refractivity contribution in [1.29, 1.82) is 0 Å². The van der Waals surface area contributed by atoms with Gasteiger partial charge >= 0.3 is 12.1 Å². The highest BCUT2D eigenvalue weighted by atomic mass is 19.4. The standard InChI is InChI=1S/C20H30N6O2.C2HF3O2/c27-19-15-24(11-8-21-19)13-17-14-26(23-22-17)18-6-9-25(10-7-18)20(28)12-16-4-2-1-3-5-16;3-2(4,5)1(6)7/h4,14,18H,1-3,5-13,15H2,(H,21,27);(H,6,7). The van der Waals surface area contributed by atoms with Gasteiger partial charge in [0, 0.05) is 39.1 Å². The highest BCUT2D eigenvalue weighted by Gasteiger charge is 2.38. The molecule has 2 saturated heterocycles. The van der Waals surface area contributed by atoms with Crippen molar-refractivity contribution in [2.75, 3.05) is 32.7 Å². The van der Waals surface area contributed by atoms with Crippen molar-refractivity contribution in [2.24, 2.45) is 0 Å². The van der Waals surface area contributed by atoms with Crippen molar-refractivity contribution in [3.05, 3.63) is 23.5 Å². The fraction of sp³-hybridized carbons (Fsp3) is 0.682. The number of aliphatic carboxylic acids is 1. The van der Waals surface area contributed by atoms with E-state index in [1.165, 1.54) is 18.4 Å². The predicted molar refractivity (Wildman–Crippen MR) is 118 cm³/mol. The van der Waals surface area contributed by atoms with Gasteiger partial charge in [-0.2, -0.15) is 13.2 Å². The Morgan fingerprint density at radius 3 is 2.49 bits per heavy atom. The van der Waals surface area contributed by atoms with Gasteiger partial charge in [0.15, 0.2) is 0 Å². The lowest BCUT2D eigenvalue weighted by molar-refractivity contribution is -0.192. The maximum Gasteiger partial charge on any atom is 0.490 e. The van der Waals surface area contributed by atoms with E-state index < -0.39 is 12.1 Å². The number of amides is 2. The lowest BCUT2D eigenvalue weighted by Gasteiger charge is -2.32. The molecule has 4 rings (SSSR count). The number of allylic oxidation sites excluding steroid dienone is 1. The van der Waals surface area contributed by atoms with E-state index in [-0.39, 0.29) is 11.8 Å². The molecule has 0 radical (unpaired) electrons. The molecular formula is C22H31F3N6O4. The minimum absolute atomic E-state index is 0.0691. The van der Waals surface area contributed by atoms with Gasteiger partial charge in [-0.3, -0.25) is 14.5 Å². The third-order valence-corrected chi connectivity index (χ3v) is 6.26. The smallest absolute Gasteiger partial charge is 0.475 e. The lowest BCUT2D eigenvalue weighted by atomic mass is 9.96. The van der Waals surface area contributed by atoms with Crippen LogP contribution < -0.4 is 5.32 Å². The van der Waals surface area contributed by atoms with Gasteiger partial charge in [0.25, 0.3) is 0 Å². The van der Waals surface area contributed by atoms with Crippen LogP contribution in [0.3, 0.4) is 0 Å². The first-order chi connectivity index (χ1) is 16.6. The number of alkyl halides is 3. The van der Waals surface area contributed by atoms with E-state index in [1.807, 2.05) is 15.8 Å². The maximum absolute atomic E-state index is 12.6. The average Bonchev–Trinajstić information content (AvgIpc) is 3.28. The summed E-state index contributed by atoms with van der Waals surface area (Å²) < 4.78 is 33.7. The third-order valence-electron chi connectivity index (χ3n) is 6.26. The predicted octanol–water partition coefficient (Wildman–Crippen LogP) is 1.90. The molecule has 2 fully saturated rings. The van der Waals surface area contributed by atoms with E-state index in [9.17, 15) is 22.8 Å². The van der Waals surface area contributed by atoms with Crippen LogP contribution in [0.2, 0.25) is 0 Å². The minimum atomic E-state index is -5.08. The Kier molecular flexibility index (Phi) is 9.24. The molecule has 0 bridgehead atoms. The molecule has 0 unspecified atom stereocenters. The summed E-state index contributed by atoms with van der Waals surface area (Å²) in [6.45, 7) is 4.19. The van der Waals surface area contributed by atoms with Gasteiger partial charge in [-0.25, -0.2) is 9.48 Å². The second-order valence-corrected chi connectivity index (χ2v) is 8.95. The highest BCUT2D eigenvalue weighted by molar-refractivity contribution is 5.79. The Balaban J connectivity index is 0.000000429. The summed E-state index contributed by atoms with van der Waals surface area (Å²) in [5.41, 5.74) is 2.23. The molecular weight excluding hydrogens is 469 g/mol. The molecule has 194 valence electrons. The van der Waals surface area contributed by atoms with E-state index in [0.717, 1.165) is 51.0 Å². The van der Waals surface area contributed by atoms with Crippen LogP contribution in [0.1, 0.15) is 56.7 Å². The second kappa shape index (κ2) is 12.1. The molecule has 1 aromatic rings. The van der Waals surface area contributed by atoms with Crippen molar-refractivity contribution in [1.82, 2.24) is 30.1 Å². The fourth-order valence-electron chi connectivity index (χ4n) is 4.37. The molecule has 10 nitrogen and oxygen atoms in total. The van der Waals surface area contributed by atoms with E-state index in [1.54, 1.807) is 0 Å². The first-order valence-electron chi connectivity index (χ1n) is 11.8. The van der Waals surface area contributed by atoms with Crippen LogP contribution in [0.15, 0.2) is 17.8 Å². The highest BCUT2D eigenvalue weighted by Crippen LogP contribution is 2.25. The molecule has 2 aliphatic heterocycles. The zero-order valence-corrected chi connectivity index (χ0v) is 19.5. The number of halogens is 3. The summed E-state index contributed by atoms with van der Waals surface area (Å²) >= 11 is 0. The number of carboxylic acid groups (broad SMARTS) is 1. The number of hydrogen-bond donors (Lipinski definition) is 2. The van der Waals surface area contributed by atoms with Crippen LogP contribution in [0.4, 0.5) is 13.2 Å². The van der Waals surface area contributed by atoms with Gasteiger partial charge in [0.2, 0.25) is 11.8 Å². The van der Waals surface area contributed by atoms with Crippen LogP contribution in [0.25, 0.3) is 0 Å². The Labute approximate surface area is 201 Å². The number of nitrogens with zero attached hydrogens (tertiary/aromatic N) is 5. The quantitative estimate of drug-likeness (QED) is 0.593. The summed E-state index contributed by atoms with van der Waals surface area (Å²) in [5, 5.41) is 18.6. The third kappa shape index (κ3) is 8.34. The molecule has 35 heavy (non-hydrogen) atoms. The molecule has 13 heteroatoms. The van der Waals surface area contributed by atoms with Crippen molar-refractivity contribution >= 4 is 17.8 Å². The van der Waals surface area contributed by atoms with Crippen LogP contribution >= 0.6 is 0 Å². The number of carbonyl (C=O) groups is 3. The van der Waals surface area contributed by atoms with Gasteiger partial charge in [0.1, 0.15) is 0 Å². The first kappa shape index (κ1) is 26.6. The van der Waals surface area contributed by atoms with Gasteiger partial charge in [-0.15, -0.1) is 5.10 Å². The maximum atomic E-state index is 12.6. The molecule has 0 spiro atoms. The van der Waals surface area contributed by atoms with Crippen molar-refractivity contribution < 1.29 is 32.7 Å². The van der Waals surface area contributed by atoms with E-state index in [0.29, 0.717) is 32.1 Å². The van der Waals surface area contributed by atoms with Gasteiger partial charge in [-0.05, 0) is 38.5 Å². The summed E-state index contributed by atoms with van der Waals surface area (Å²) in [5.74, 6) is -2.42. The number of rotatable bonds is 5. The van der Waals surface area contributed by atoms with Crippen LogP contribution in [0, 0.1) is 0 Å². The Hall–Kier alpha value is -2.96. The zero-order chi connectivity index (χ0) is 25.4. The molecule has 3 heterocycles. The number of nitrogens with one attached hydrogen (secondary N) is 1.